The first kappa shape index (κ1) is 27.8. The number of aryl methyl sites for hydroxylation is 2. The third-order valence-corrected chi connectivity index (χ3v) is 8.12. The van der Waals surface area contributed by atoms with E-state index in [0.29, 0.717) is 30.4 Å². The Balaban J connectivity index is 1.50. The van der Waals surface area contributed by atoms with Crippen molar-refractivity contribution in [3.63, 3.8) is 0 Å². The fourth-order valence-electron chi connectivity index (χ4n) is 5.33. The van der Waals surface area contributed by atoms with Gasteiger partial charge in [0.2, 0.25) is 0 Å². The Morgan fingerprint density at radius 2 is 1.85 bits per heavy atom. The summed E-state index contributed by atoms with van der Waals surface area (Å²) in [5.74, 6) is 0.927. The van der Waals surface area contributed by atoms with Crippen LogP contribution in [-0.2, 0) is 6.54 Å². The molecule has 0 aliphatic carbocycles. The molecule has 5 rings (SSSR count). The lowest BCUT2D eigenvalue weighted by Crippen LogP contribution is -2.42. The Labute approximate surface area is 240 Å². The number of nitrogens with one attached hydrogen (secondary N) is 1. The molecule has 0 atom stereocenters. The van der Waals surface area contributed by atoms with Crippen molar-refractivity contribution in [2.45, 2.75) is 46.2 Å². The number of rotatable bonds is 7. The number of pyridine rings is 1. The summed E-state index contributed by atoms with van der Waals surface area (Å²) >= 11 is 6.24. The van der Waals surface area contributed by atoms with E-state index in [1.165, 1.54) is 0 Å². The van der Waals surface area contributed by atoms with Crippen LogP contribution in [0.4, 0.5) is 11.5 Å². The van der Waals surface area contributed by atoms with E-state index in [0.717, 1.165) is 69.6 Å². The van der Waals surface area contributed by atoms with E-state index >= 15 is 0 Å². The second kappa shape index (κ2) is 11.8. The SMILES string of the molecule is CCN(Cc1cc(C(=O)N2CCC(N)CC2)ccc1C)c1ncnc2c(C)cc(-c3cnc(Cl)c(NC)c3)cc12. The highest BCUT2D eigenvalue weighted by Gasteiger charge is 2.23. The van der Waals surface area contributed by atoms with Gasteiger partial charge in [-0.1, -0.05) is 17.7 Å². The lowest BCUT2D eigenvalue weighted by molar-refractivity contribution is 0.0714. The van der Waals surface area contributed by atoms with Gasteiger partial charge in [0.1, 0.15) is 12.1 Å². The topological polar surface area (TPSA) is 100 Å². The van der Waals surface area contributed by atoms with Crippen LogP contribution in [0.25, 0.3) is 22.0 Å². The number of carbonyl (C=O) groups excluding carboxylic acids is 1. The lowest BCUT2D eigenvalue weighted by Gasteiger charge is -2.30. The van der Waals surface area contributed by atoms with E-state index in [1.807, 2.05) is 36.2 Å². The first-order valence-corrected chi connectivity index (χ1v) is 14.1. The molecule has 9 heteroatoms. The van der Waals surface area contributed by atoms with Gasteiger partial charge in [0, 0.05) is 62.0 Å². The molecule has 208 valence electrons. The predicted molar refractivity (Wildman–Crippen MR) is 163 cm³/mol. The predicted octanol–water partition coefficient (Wildman–Crippen LogP) is 5.59. The van der Waals surface area contributed by atoms with Gasteiger partial charge in [-0.15, -0.1) is 0 Å². The highest BCUT2D eigenvalue weighted by Crippen LogP contribution is 2.33. The standard InChI is InChI=1S/C31H36ClN7O/c1-5-38(17-24-13-21(7-6-19(24)2)31(40)39-10-8-25(33)9-11-39)30-26-14-22(12-20(3)28(26)36-18-37-30)23-15-27(34-4)29(32)35-16-23/h6-7,12-16,18,25,34H,5,8-11,17,33H2,1-4H3. The lowest BCUT2D eigenvalue weighted by atomic mass is 10.00. The number of amides is 1. The molecular weight excluding hydrogens is 522 g/mol. The molecule has 1 aliphatic heterocycles. The van der Waals surface area contributed by atoms with Crippen molar-refractivity contribution in [2.24, 2.45) is 5.73 Å². The third-order valence-electron chi connectivity index (χ3n) is 7.82. The Hall–Kier alpha value is -3.75. The summed E-state index contributed by atoms with van der Waals surface area (Å²) in [6, 6.07) is 12.4. The summed E-state index contributed by atoms with van der Waals surface area (Å²) in [5, 5.41) is 4.51. The molecule has 1 amide bonds. The highest BCUT2D eigenvalue weighted by atomic mass is 35.5. The molecule has 0 unspecified atom stereocenters. The quantitative estimate of drug-likeness (QED) is 0.285. The fourth-order valence-corrected chi connectivity index (χ4v) is 5.53. The summed E-state index contributed by atoms with van der Waals surface area (Å²) in [6.45, 7) is 9.04. The van der Waals surface area contributed by atoms with Crippen LogP contribution < -0.4 is 16.0 Å². The zero-order valence-corrected chi connectivity index (χ0v) is 24.3. The molecule has 1 aliphatic rings. The minimum Gasteiger partial charge on any atom is -0.386 e. The van der Waals surface area contributed by atoms with Crippen molar-refractivity contribution >= 4 is 39.9 Å². The molecular formula is C31H36ClN7O. The molecule has 0 bridgehead atoms. The number of aromatic nitrogens is 3. The molecule has 3 heterocycles. The molecule has 1 fully saturated rings. The van der Waals surface area contributed by atoms with Crippen LogP contribution in [-0.4, -0.2) is 58.5 Å². The first-order valence-electron chi connectivity index (χ1n) is 13.8. The van der Waals surface area contributed by atoms with E-state index < -0.39 is 0 Å². The van der Waals surface area contributed by atoms with E-state index in [1.54, 1.807) is 12.5 Å². The molecule has 0 spiro atoms. The number of hydrogen-bond acceptors (Lipinski definition) is 7. The van der Waals surface area contributed by atoms with E-state index in [2.05, 4.69) is 53.1 Å². The van der Waals surface area contributed by atoms with Crippen molar-refractivity contribution in [3.8, 4) is 11.1 Å². The molecule has 2 aromatic heterocycles. The van der Waals surface area contributed by atoms with Crippen molar-refractivity contribution < 1.29 is 4.79 Å². The average Bonchev–Trinajstić information content (AvgIpc) is 2.97. The molecule has 4 aromatic rings. The molecule has 1 saturated heterocycles. The third kappa shape index (κ3) is 5.60. The monoisotopic (exact) mass is 557 g/mol. The molecule has 2 aromatic carbocycles. The molecule has 40 heavy (non-hydrogen) atoms. The molecule has 3 N–H and O–H groups in total. The van der Waals surface area contributed by atoms with E-state index in [-0.39, 0.29) is 11.9 Å². The number of carbonyl (C=O) groups is 1. The maximum absolute atomic E-state index is 13.3. The van der Waals surface area contributed by atoms with Crippen LogP contribution in [0.15, 0.2) is 48.9 Å². The summed E-state index contributed by atoms with van der Waals surface area (Å²) in [5.41, 5.74) is 13.7. The molecule has 0 radical (unpaired) electrons. The largest absolute Gasteiger partial charge is 0.386 e. The van der Waals surface area contributed by atoms with Gasteiger partial charge in [-0.25, -0.2) is 15.0 Å². The number of likely N-dealkylation sites (tertiary alicyclic amines) is 1. The Kier molecular flexibility index (Phi) is 8.19. The number of nitrogens with two attached hydrogens (primary N) is 1. The minimum absolute atomic E-state index is 0.0708. The highest BCUT2D eigenvalue weighted by molar-refractivity contribution is 6.32. The number of fused-ring (bicyclic) bond motifs is 1. The van der Waals surface area contributed by atoms with Crippen LogP contribution in [0.1, 0.15) is 46.8 Å². The van der Waals surface area contributed by atoms with Crippen LogP contribution in [0.5, 0.6) is 0 Å². The van der Waals surface area contributed by atoms with Gasteiger partial charge in [-0.05, 0) is 86.2 Å². The van der Waals surface area contributed by atoms with Crippen LogP contribution in [0.2, 0.25) is 5.15 Å². The summed E-state index contributed by atoms with van der Waals surface area (Å²) in [6.07, 6.45) is 5.10. The Morgan fingerprint density at radius 1 is 1.07 bits per heavy atom. The maximum atomic E-state index is 13.3. The molecule has 0 saturated carbocycles. The van der Waals surface area contributed by atoms with Crippen molar-refractivity contribution in [1.82, 2.24) is 19.9 Å². The number of anilines is 2. The van der Waals surface area contributed by atoms with Gasteiger partial charge in [-0.3, -0.25) is 4.79 Å². The van der Waals surface area contributed by atoms with Crippen molar-refractivity contribution in [3.05, 3.63) is 76.3 Å². The Morgan fingerprint density at radius 3 is 2.58 bits per heavy atom. The maximum Gasteiger partial charge on any atom is 0.253 e. The summed E-state index contributed by atoms with van der Waals surface area (Å²) in [4.78, 5) is 31.2. The van der Waals surface area contributed by atoms with Crippen molar-refractivity contribution in [1.29, 1.82) is 0 Å². The zero-order chi connectivity index (χ0) is 28.4. The minimum atomic E-state index is 0.0708. The number of nitrogens with zero attached hydrogens (tertiary/aromatic N) is 5. The number of hydrogen-bond donors (Lipinski definition) is 2. The smallest absolute Gasteiger partial charge is 0.253 e. The van der Waals surface area contributed by atoms with Crippen LogP contribution in [0.3, 0.4) is 0 Å². The van der Waals surface area contributed by atoms with Gasteiger partial charge < -0.3 is 20.9 Å². The summed E-state index contributed by atoms with van der Waals surface area (Å²) < 4.78 is 0. The van der Waals surface area contributed by atoms with E-state index in [9.17, 15) is 4.79 Å². The first-order chi connectivity index (χ1) is 19.3. The second-order valence-electron chi connectivity index (χ2n) is 10.5. The second-order valence-corrected chi connectivity index (χ2v) is 10.8. The number of halogens is 1. The van der Waals surface area contributed by atoms with Gasteiger partial charge in [0.05, 0.1) is 11.2 Å². The Bertz CT molecular complexity index is 1550. The number of benzene rings is 2. The number of piperidine rings is 1. The van der Waals surface area contributed by atoms with Gasteiger partial charge in [-0.2, -0.15) is 0 Å². The van der Waals surface area contributed by atoms with Gasteiger partial charge in [0.15, 0.2) is 5.15 Å². The van der Waals surface area contributed by atoms with Crippen LogP contribution in [0, 0.1) is 13.8 Å². The fraction of sp³-hybridized carbons (Fsp3) is 0.355. The molecule has 8 nitrogen and oxygen atoms in total. The average molecular weight is 558 g/mol. The summed E-state index contributed by atoms with van der Waals surface area (Å²) in [7, 11) is 1.83. The van der Waals surface area contributed by atoms with Gasteiger partial charge in [0.25, 0.3) is 5.91 Å². The van der Waals surface area contributed by atoms with Gasteiger partial charge >= 0.3 is 0 Å². The zero-order valence-electron chi connectivity index (χ0n) is 23.5. The normalized spacial score (nSPS) is 14.0. The van der Waals surface area contributed by atoms with Crippen molar-refractivity contribution in [2.75, 3.05) is 36.9 Å². The van der Waals surface area contributed by atoms with Crippen LogP contribution >= 0.6 is 11.6 Å². The van der Waals surface area contributed by atoms with E-state index in [4.69, 9.17) is 22.3 Å².